The molecular formula is C13H18N2O3S. The summed E-state index contributed by atoms with van der Waals surface area (Å²) in [5.41, 5.74) is 0.994. The topological polar surface area (TPSA) is 58.6 Å². The maximum absolute atomic E-state index is 12.6. The van der Waals surface area contributed by atoms with Crippen molar-refractivity contribution in [2.75, 3.05) is 32.8 Å². The standard InChI is InChI=1S/C13H18N2O3S/c16-19(17,15-7-1-5-14-6-8-15)12-2-3-13-11(10-12)4-9-18-13/h2-3,10,14H,1,4-9H2. The molecule has 3 rings (SSSR count). The Morgan fingerprint density at radius 1 is 1.21 bits per heavy atom. The maximum atomic E-state index is 12.6. The van der Waals surface area contributed by atoms with Crippen LogP contribution >= 0.6 is 0 Å². The molecule has 0 unspecified atom stereocenters. The van der Waals surface area contributed by atoms with Gasteiger partial charge in [0.2, 0.25) is 10.0 Å². The molecule has 104 valence electrons. The Bertz CT molecular complexity index is 563. The number of hydrogen-bond acceptors (Lipinski definition) is 4. The molecule has 6 heteroatoms. The fraction of sp³-hybridized carbons (Fsp3) is 0.538. The van der Waals surface area contributed by atoms with Crippen LogP contribution in [0.25, 0.3) is 0 Å². The molecule has 19 heavy (non-hydrogen) atoms. The molecule has 0 spiro atoms. The van der Waals surface area contributed by atoms with Gasteiger partial charge in [0, 0.05) is 26.1 Å². The van der Waals surface area contributed by atoms with Gasteiger partial charge in [0.05, 0.1) is 11.5 Å². The van der Waals surface area contributed by atoms with Crippen LogP contribution in [0.15, 0.2) is 23.1 Å². The Morgan fingerprint density at radius 2 is 2.11 bits per heavy atom. The second-order valence-electron chi connectivity index (χ2n) is 4.88. The molecule has 0 aliphatic carbocycles. The molecule has 2 heterocycles. The lowest BCUT2D eigenvalue weighted by Gasteiger charge is -2.19. The summed E-state index contributed by atoms with van der Waals surface area (Å²) in [6.07, 6.45) is 1.65. The number of sulfonamides is 1. The third-order valence-electron chi connectivity index (χ3n) is 3.60. The summed E-state index contributed by atoms with van der Waals surface area (Å²) in [4.78, 5) is 0.388. The van der Waals surface area contributed by atoms with Gasteiger partial charge in [-0.2, -0.15) is 4.31 Å². The van der Waals surface area contributed by atoms with E-state index in [4.69, 9.17) is 4.74 Å². The quantitative estimate of drug-likeness (QED) is 0.863. The number of rotatable bonds is 2. The molecule has 5 nitrogen and oxygen atoms in total. The number of benzene rings is 1. The van der Waals surface area contributed by atoms with Gasteiger partial charge in [0.1, 0.15) is 5.75 Å². The van der Waals surface area contributed by atoms with Gasteiger partial charge in [0.15, 0.2) is 0 Å². The van der Waals surface area contributed by atoms with Crippen LogP contribution in [0, 0.1) is 0 Å². The zero-order chi connectivity index (χ0) is 13.3. The van der Waals surface area contributed by atoms with Crippen molar-refractivity contribution >= 4 is 10.0 Å². The lowest BCUT2D eigenvalue weighted by molar-refractivity contribution is 0.356. The van der Waals surface area contributed by atoms with Crippen LogP contribution in [0.3, 0.4) is 0 Å². The van der Waals surface area contributed by atoms with Gasteiger partial charge < -0.3 is 10.1 Å². The molecule has 1 saturated heterocycles. The van der Waals surface area contributed by atoms with Gasteiger partial charge in [0.25, 0.3) is 0 Å². The predicted molar refractivity (Wildman–Crippen MR) is 71.9 cm³/mol. The van der Waals surface area contributed by atoms with Crippen molar-refractivity contribution in [2.24, 2.45) is 0 Å². The molecule has 1 aromatic carbocycles. The van der Waals surface area contributed by atoms with E-state index in [0.717, 1.165) is 30.7 Å². The largest absolute Gasteiger partial charge is 0.493 e. The van der Waals surface area contributed by atoms with Gasteiger partial charge in [-0.1, -0.05) is 0 Å². The first kappa shape index (κ1) is 12.9. The normalized spacial score (nSPS) is 20.6. The summed E-state index contributed by atoms with van der Waals surface area (Å²) >= 11 is 0. The number of ether oxygens (including phenoxy) is 1. The molecule has 0 amide bonds. The maximum Gasteiger partial charge on any atom is 0.243 e. The first-order valence-corrected chi connectivity index (χ1v) is 8.08. The van der Waals surface area contributed by atoms with Crippen LogP contribution in [0.4, 0.5) is 0 Å². The zero-order valence-electron chi connectivity index (χ0n) is 10.8. The van der Waals surface area contributed by atoms with Crippen molar-refractivity contribution in [3.8, 4) is 5.75 Å². The monoisotopic (exact) mass is 282 g/mol. The number of hydrogen-bond donors (Lipinski definition) is 1. The molecule has 0 atom stereocenters. The molecule has 0 aromatic heterocycles. The molecule has 0 bridgehead atoms. The number of nitrogens with zero attached hydrogens (tertiary/aromatic N) is 1. The number of nitrogens with one attached hydrogen (secondary N) is 1. The van der Waals surface area contributed by atoms with E-state index >= 15 is 0 Å². The third kappa shape index (κ3) is 2.48. The fourth-order valence-electron chi connectivity index (χ4n) is 2.53. The van der Waals surface area contributed by atoms with Crippen LogP contribution < -0.4 is 10.1 Å². The Balaban J connectivity index is 1.90. The summed E-state index contributed by atoms with van der Waals surface area (Å²) in [5.74, 6) is 0.816. The first-order valence-electron chi connectivity index (χ1n) is 6.64. The molecule has 1 N–H and O–H groups in total. The van der Waals surface area contributed by atoms with E-state index in [1.54, 1.807) is 22.5 Å². The van der Waals surface area contributed by atoms with E-state index in [9.17, 15) is 8.42 Å². The zero-order valence-corrected chi connectivity index (χ0v) is 11.6. The summed E-state index contributed by atoms with van der Waals surface area (Å²) in [6, 6.07) is 5.18. The molecule has 0 radical (unpaired) electrons. The second kappa shape index (κ2) is 5.11. The highest BCUT2D eigenvalue weighted by molar-refractivity contribution is 7.89. The van der Waals surface area contributed by atoms with E-state index in [1.807, 2.05) is 0 Å². The van der Waals surface area contributed by atoms with Crippen molar-refractivity contribution in [2.45, 2.75) is 17.7 Å². The fourth-order valence-corrected chi connectivity index (χ4v) is 4.06. The molecule has 2 aliphatic heterocycles. The highest BCUT2D eigenvalue weighted by atomic mass is 32.2. The van der Waals surface area contributed by atoms with Crippen molar-refractivity contribution in [1.82, 2.24) is 9.62 Å². The molecule has 1 fully saturated rings. The predicted octanol–water partition coefficient (Wildman–Crippen LogP) is 0.605. The van der Waals surface area contributed by atoms with E-state index < -0.39 is 10.0 Å². The van der Waals surface area contributed by atoms with E-state index in [2.05, 4.69) is 5.32 Å². The van der Waals surface area contributed by atoms with Gasteiger partial charge >= 0.3 is 0 Å². The third-order valence-corrected chi connectivity index (χ3v) is 5.49. The Kier molecular flexibility index (Phi) is 3.47. The minimum absolute atomic E-state index is 0.388. The Morgan fingerprint density at radius 3 is 3.00 bits per heavy atom. The highest BCUT2D eigenvalue weighted by Gasteiger charge is 2.26. The van der Waals surface area contributed by atoms with E-state index in [1.165, 1.54) is 0 Å². The van der Waals surface area contributed by atoms with E-state index in [0.29, 0.717) is 31.1 Å². The molecule has 0 saturated carbocycles. The van der Waals surface area contributed by atoms with Crippen molar-refractivity contribution in [1.29, 1.82) is 0 Å². The molecule has 1 aromatic rings. The first-order chi connectivity index (χ1) is 9.18. The van der Waals surface area contributed by atoms with Crippen molar-refractivity contribution in [3.63, 3.8) is 0 Å². The van der Waals surface area contributed by atoms with Crippen LogP contribution in [-0.4, -0.2) is 45.5 Å². The minimum Gasteiger partial charge on any atom is -0.493 e. The lowest BCUT2D eigenvalue weighted by Crippen LogP contribution is -2.34. The second-order valence-corrected chi connectivity index (χ2v) is 6.81. The Labute approximate surface area is 113 Å². The van der Waals surface area contributed by atoms with Crippen molar-refractivity contribution in [3.05, 3.63) is 23.8 Å². The van der Waals surface area contributed by atoms with Crippen LogP contribution in [-0.2, 0) is 16.4 Å². The lowest BCUT2D eigenvalue weighted by atomic mass is 10.2. The van der Waals surface area contributed by atoms with Gasteiger partial charge in [-0.3, -0.25) is 0 Å². The highest BCUT2D eigenvalue weighted by Crippen LogP contribution is 2.28. The average molecular weight is 282 g/mol. The van der Waals surface area contributed by atoms with Crippen molar-refractivity contribution < 1.29 is 13.2 Å². The summed E-state index contributed by atoms with van der Waals surface area (Å²) in [7, 11) is -3.37. The summed E-state index contributed by atoms with van der Waals surface area (Å²) in [6.45, 7) is 3.36. The van der Waals surface area contributed by atoms with Crippen LogP contribution in [0.2, 0.25) is 0 Å². The smallest absolute Gasteiger partial charge is 0.243 e. The van der Waals surface area contributed by atoms with Crippen LogP contribution in [0.5, 0.6) is 5.75 Å². The van der Waals surface area contributed by atoms with Crippen LogP contribution in [0.1, 0.15) is 12.0 Å². The summed E-state index contributed by atoms with van der Waals surface area (Å²) in [5, 5.41) is 3.22. The SMILES string of the molecule is O=S(=O)(c1ccc2c(c1)CCO2)N1CCCNCC1. The van der Waals surface area contributed by atoms with Gasteiger partial charge in [-0.05, 0) is 36.7 Å². The average Bonchev–Trinajstić information content (AvgIpc) is 2.69. The molecular weight excluding hydrogens is 264 g/mol. The minimum atomic E-state index is -3.37. The molecule has 2 aliphatic rings. The van der Waals surface area contributed by atoms with Gasteiger partial charge in [-0.15, -0.1) is 0 Å². The number of fused-ring (bicyclic) bond motifs is 1. The van der Waals surface area contributed by atoms with Gasteiger partial charge in [-0.25, -0.2) is 8.42 Å². The summed E-state index contributed by atoms with van der Waals surface area (Å²) < 4.78 is 32.2. The Hall–Kier alpha value is -1.11. The van der Waals surface area contributed by atoms with E-state index in [-0.39, 0.29) is 0 Å².